The van der Waals surface area contributed by atoms with E-state index in [-0.39, 0.29) is 22.2 Å². The average Bonchev–Trinajstić information content (AvgIpc) is 2.26. The van der Waals surface area contributed by atoms with Crippen LogP contribution in [-0.2, 0) is 11.9 Å². The number of aromatic nitrogens is 1. The molecule has 0 bridgehead atoms. The molecule has 1 aromatic heterocycles. The number of rotatable bonds is 3. The van der Waals surface area contributed by atoms with Gasteiger partial charge >= 0.3 is 0 Å². The zero-order valence-electron chi connectivity index (χ0n) is 7.54. The smallest absolute Gasteiger partial charge is 0.280 e. The summed E-state index contributed by atoms with van der Waals surface area (Å²) < 4.78 is 25.1. The molecule has 0 spiro atoms. The van der Waals surface area contributed by atoms with Gasteiger partial charge in [0, 0.05) is 10.9 Å². The van der Waals surface area contributed by atoms with Crippen LogP contribution in [0.2, 0.25) is 0 Å². The molecule has 0 saturated carbocycles. The molecule has 1 heterocycles. The highest BCUT2D eigenvalue weighted by Crippen LogP contribution is 2.26. The van der Waals surface area contributed by atoms with Crippen molar-refractivity contribution in [3.63, 3.8) is 0 Å². The third-order valence-electron chi connectivity index (χ3n) is 1.83. The predicted molar refractivity (Wildman–Crippen MR) is 52.5 cm³/mol. The van der Waals surface area contributed by atoms with Crippen molar-refractivity contribution < 1.29 is 13.9 Å². The van der Waals surface area contributed by atoms with Gasteiger partial charge in [-0.15, -0.1) is 0 Å². The number of aliphatic hydroxyl groups is 1. The highest BCUT2D eigenvalue weighted by atomic mass is 79.9. The summed E-state index contributed by atoms with van der Waals surface area (Å²) in [5, 5.41) is 17.7. The minimum atomic E-state index is -2.75. The molecule has 6 heteroatoms. The third kappa shape index (κ3) is 2.49. The van der Waals surface area contributed by atoms with Gasteiger partial charge in [0.2, 0.25) is 0 Å². The number of alkyl halides is 3. The number of pyridine rings is 1. The van der Waals surface area contributed by atoms with Crippen LogP contribution in [0.25, 0.3) is 0 Å². The Balaban J connectivity index is 3.41. The summed E-state index contributed by atoms with van der Waals surface area (Å²) in [6, 6.07) is 3.11. The van der Waals surface area contributed by atoms with E-state index in [1.165, 1.54) is 6.07 Å². The Morgan fingerprint density at radius 1 is 1.60 bits per heavy atom. The Kier molecular flexibility index (Phi) is 4.12. The number of aliphatic hydroxyl groups excluding tert-OH is 1. The summed E-state index contributed by atoms with van der Waals surface area (Å²) in [4.78, 5) is 3.59. The van der Waals surface area contributed by atoms with Crippen molar-refractivity contribution in [2.75, 3.05) is 0 Å². The molecule has 0 amide bonds. The molecule has 0 fully saturated rings. The number of hydrogen-bond donors (Lipinski definition) is 1. The molecule has 1 aromatic rings. The molecule has 0 aliphatic rings. The minimum absolute atomic E-state index is 0.0755. The van der Waals surface area contributed by atoms with Crippen molar-refractivity contribution in [1.29, 1.82) is 5.26 Å². The average molecular weight is 277 g/mol. The van der Waals surface area contributed by atoms with Gasteiger partial charge in [-0.05, 0) is 6.07 Å². The largest absolute Gasteiger partial charge is 0.390 e. The van der Waals surface area contributed by atoms with E-state index in [1.807, 2.05) is 0 Å². The van der Waals surface area contributed by atoms with Crippen LogP contribution in [0.5, 0.6) is 0 Å². The first-order valence-corrected chi connectivity index (χ1v) is 5.14. The molecule has 0 aliphatic carbocycles. The molecular weight excluding hydrogens is 270 g/mol. The second-order valence-corrected chi connectivity index (χ2v) is 3.29. The number of hydrogen-bond acceptors (Lipinski definition) is 3. The van der Waals surface area contributed by atoms with Crippen molar-refractivity contribution in [3.05, 3.63) is 28.6 Å². The van der Waals surface area contributed by atoms with Gasteiger partial charge in [-0.3, -0.25) is 0 Å². The first-order chi connectivity index (χ1) is 7.13. The number of nitriles is 1. The summed E-state index contributed by atoms with van der Waals surface area (Å²) in [5.41, 5.74) is -0.0903. The van der Waals surface area contributed by atoms with E-state index >= 15 is 0 Å². The van der Waals surface area contributed by atoms with Crippen molar-refractivity contribution in [2.24, 2.45) is 0 Å². The predicted octanol–water partition coefficient (Wildman–Crippen LogP) is 2.28. The van der Waals surface area contributed by atoms with Crippen LogP contribution in [-0.4, -0.2) is 10.1 Å². The van der Waals surface area contributed by atoms with Crippen LogP contribution in [0, 0.1) is 11.3 Å². The van der Waals surface area contributed by atoms with E-state index < -0.39 is 18.7 Å². The van der Waals surface area contributed by atoms with E-state index in [4.69, 9.17) is 10.4 Å². The lowest BCUT2D eigenvalue weighted by Crippen LogP contribution is -2.04. The molecular formula is C9H7BrF2N2O. The topological polar surface area (TPSA) is 56.9 Å². The zero-order chi connectivity index (χ0) is 11.4. The maximum atomic E-state index is 12.6. The summed E-state index contributed by atoms with van der Waals surface area (Å²) in [7, 11) is 0. The molecule has 0 radical (unpaired) electrons. The van der Waals surface area contributed by atoms with E-state index in [0.29, 0.717) is 0 Å². The Bertz CT molecular complexity index is 404. The quantitative estimate of drug-likeness (QED) is 0.862. The fraction of sp³-hybridized carbons (Fsp3) is 0.333. The summed E-state index contributed by atoms with van der Waals surface area (Å²) >= 11 is 3.03. The molecule has 0 atom stereocenters. The van der Waals surface area contributed by atoms with E-state index in [1.54, 1.807) is 6.07 Å². The minimum Gasteiger partial charge on any atom is -0.390 e. The molecule has 1 N–H and O–H groups in total. The number of halogens is 3. The van der Waals surface area contributed by atoms with Crippen molar-refractivity contribution in [3.8, 4) is 6.07 Å². The molecule has 1 rings (SSSR count). The second-order valence-electron chi connectivity index (χ2n) is 2.73. The monoisotopic (exact) mass is 276 g/mol. The molecule has 0 saturated heterocycles. The van der Waals surface area contributed by atoms with Gasteiger partial charge in [0.15, 0.2) is 0 Å². The second kappa shape index (κ2) is 5.14. The summed E-state index contributed by atoms with van der Waals surface area (Å²) in [6.45, 7) is -0.461. The maximum Gasteiger partial charge on any atom is 0.280 e. The molecule has 3 nitrogen and oxygen atoms in total. The van der Waals surface area contributed by atoms with Crippen molar-refractivity contribution in [2.45, 2.75) is 18.4 Å². The van der Waals surface area contributed by atoms with Gasteiger partial charge in [0.1, 0.15) is 5.69 Å². The van der Waals surface area contributed by atoms with Crippen molar-refractivity contribution in [1.82, 2.24) is 4.98 Å². The fourth-order valence-electron chi connectivity index (χ4n) is 1.15. The maximum absolute atomic E-state index is 12.6. The van der Waals surface area contributed by atoms with E-state index in [9.17, 15) is 8.78 Å². The van der Waals surface area contributed by atoms with Crippen molar-refractivity contribution >= 4 is 15.9 Å². The standard InChI is InChI=1S/C9H7BrF2N2O/c10-2-7-5(3-13)1-6(4-15)14-8(7)9(11)12/h1,9,15H,2,4H2. The molecule has 0 aliphatic heterocycles. The lowest BCUT2D eigenvalue weighted by Gasteiger charge is -2.09. The van der Waals surface area contributed by atoms with Crippen LogP contribution >= 0.6 is 15.9 Å². The molecule has 0 unspecified atom stereocenters. The van der Waals surface area contributed by atoms with Crippen LogP contribution in [0.1, 0.15) is 28.9 Å². The van der Waals surface area contributed by atoms with E-state index in [2.05, 4.69) is 20.9 Å². The SMILES string of the molecule is N#Cc1cc(CO)nc(C(F)F)c1CBr. The van der Waals surface area contributed by atoms with Gasteiger partial charge < -0.3 is 5.11 Å². The summed E-state index contributed by atoms with van der Waals surface area (Å²) in [5.74, 6) is 0. The Morgan fingerprint density at radius 2 is 2.27 bits per heavy atom. The highest BCUT2D eigenvalue weighted by Gasteiger charge is 2.18. The highest BCUT2D eigenvalue weighted by molar-refractivity contribution is 9.08. The lowest BCUT2D eigenvalue weighted by atomic mass is 10.1. The van der Waals surface area contributed by atoms with Crippen LogP contribution in [0.4, 0.5) is 8.78 Å². The van der Waals surface area contributed by atoms with Crippen LogP contribution in [0.15, 0.2) is 6.07 Å². The van der Waals surface area contributed by atoms with Crippen LogP contribution in [0.3, 0.4) is 0 Å². The van der Waals surface area contributed by atoms with Crippen LogP contribution < -0.4 is 0 Å². The normalized spacial score (nSPS) is 10.4. The first kappa shape index (κ1) is 12.0. The van der Waals surface area contributed by atoms with Gasteiger partial charge in [-0.2, -0.15) is 5.26 Å². The summed E-state index contributed by atoms with van der Waals surface area (Å²) in [6.07, 6.45) is -2.75. The Morgan fingerprint density at radius 3 is 2.67 bits per heavy atom. The number of nitrogens with zero attached hydrogens (tertiary/aromatic N) is 2. The Labute approximate surface area is 93.5 Å². The van der Waals surface area contributed by atoms with E-state index in [0.717, 1.165) is 0 Å². The molecule has 80 valence electrons. The molecule has 15 heavy (non-hydrogen) atoms. The zero-order valence-corrected chi connectivity index (χ0v) is 9.13. The lowest BCUT2D eigenvalue weighted by molar-refractivity contribution is 0.144. The first-order valence-electron chi connectivity index (χ1n) is 4.01. The molecule has 0 aromatic carbocycles. The Hall–Kier alpha value is -1.06. The fourth-order valence-corrected chi connectivity index (χ4v) is 1.74. The third-order valence-corrected chi connectivity index (χ3v) is 2.39. The van der Waals surface area contributed by atoms with Gasteiger partial charge in [0.05, 0.1) is 23.9 Å². The van der Waals surface area contributed by atoms with Gasteiger partial charge in [-0.1, -0.05) is 15.9 Å². The van der Waals surface area contributed by atoms with Gasteiger partial charge in [0.25, 0.3) is 6.43 Å². The van der Waals surface area contributed by atoms with Gasteiger partial charge in [-0.25, -0.2) is 13.8 Å².